The molecule has 1 heterocycles. The molecule has 1 rings (SSSR count). The number of rotatable bonds is 8. The van der Waals surface area contributed by atoms with Crippen molar-refractivity contribution in [1.82, 2.24) is 0 Å². The summed E-state index contributed by atoms with van der Waals surface area (Å²) in [6, 6.07) is 0. The second-order valence-electron chi connectivity index (χ2n) is 5.46. The predicted molar refractivity (Wildman–Crippen MR) is 78.2 cm³/mol. The molecule has 0 aliphatic carbocycles. The molecule has 1 saturated heterocycles. The Kier molecular flexibility index (Phi) is 7.47. The summed E-state index contributed by atoms with van der Waals surface area (Å²) in [5.41, 5.74) is 3.88. The van der Waals surface area contributed by atoms with Gasteiger partial charge in [-0.1, -0.05) is 0 Å². The monoisotopic (exact) mass is 423 g/mol. The van der Waals surface area contributed by atoms with E-state index in [-0.39, 0.29) is 0 Å². The zero-order valence-electron chi connectivity index (χ0n) is 12.1. The number of ether oxygens (including phenoxy) is 2. The number of aliphatic hydroxyl groups is 3. The van der Waals surface area contributed by atoms with Crippen molar-refractivity contribution in [2.24, 2.45) is 0 Å². The molecular formula is C10H20AsO9S2-. The summed E-state index contributed by atoms with van der Waals surface area (Å²) in [4.78, 5) is 0. The van der Waals surface area contributed by atoms with Crippen molar-refractivity contribution in [2.45, 2.75) is 47.3 Å². The molecule has 12 heteroatoms. The minimum absolute atomic E-state index is 0.436. The molecular weight excluding hydrogens is 403 g/mol. The summed E-state index contributed by atoms with van der Waals surface area (Å²) in [7, 11) is 0.445. The van der Waals surface area contributed by atoms with E-state index in [2.05, 4.69) is 4.18 Å². The first-order valence-corrected chi connectivity index (χ1v) is 15.4. The van der Waals surface area contributed by atoms with Crippen molar-refractivity contribution in [3.8, 4) is 0 Å². The molecule has 132 valence electrons. The topological polar surface area (TPSA) is 146 Å². The zero-order chi connectivity index (χ0) is 17.1. The van der Waals surface area contributed by atoms with Gasteiger partial charge >= 0.3 is 135 Å². The SMILES string of the molecule is C[As](C)(=S)C[C@H]1O[C@@H](OC[C@H](O)COS(=O)(=O)[O-])[C@H](O)[C@@H]1O. The Morgan fingerprint density at radius 2 is 1.91 bits per heavy atom. The summed E-state index contributed by atoms with van der Waals surface area (Å²) in [6.07, 6.45) is -5.67. The molecule has 1 fully saturated rings. The van der Waals surface area contributed by atoms with Crippen molar-refractivity contribution < 1.29 is 41.9 Å². The number of hydrogen-bond donors (Lipinski definition) is 3. The molecule has 0 bridgehead atoms. The van der Waals surface area contributed by atoms with Crippen molar-refractivity contribution in [3.05, 3.63) is 0 Å². The standard InChI is InChI=1S/C10H21AsO9S2/c1-11(2,21)3-7-8(13)9(14)10(20-7)18-4-6(12)5-19-22(15,16)17/h6-10,12-14H,3-5H2,1-2H3,(H,15,16,17)/p-1/t6-,7+,8+,9+,10+/m0/s1. The van der Waals surface area contributed by atoms with Crippen LogP contribution in [0.2, 0.25) is 16.6 Å². The second-order valence-corrected chi connectivity index (χ2v) is 19.0. The maximum atomic E-state index is 10.2. The molecule has 0 amide bonds. The van der Waals surface area contributed by atoms with Gasteiger partial charge in [-0.25, -0.2) is 0 Å². The second kappa shape index (κ2) is 8.02. The van der Waals surface area contributed by atoms with Gasteiger partial charge in [-0.2, -0.15) is 0 Å². The average Bonchev–Trinajstić information content (AvgIpc) is 2.59. The number of aliphatic hydroxyl groups excluding tert-OH is 3. The van der Waals surface area contributed by atoms with E-state index in [9.17, 15) is 28.3 Å². The van der Waals surface area contributed by atoms with Crippen LogP contribution in [0.5, 0.6) is 0 Å². The molecule has 0 unspecified atom stereocenters. The van der Waals surface area contributed by atoms with Crippen molar-refractivity contribution in [3.63, 3.8) is 0 Å². The van der Waals surface area contributed by atoms with Gasteiger partial charge in [-0.15, -0.1) is 0 Å². The molecule has 22 heavy (non-hydrogen) atoms. The van der Waals surface area contributed by atoms with E-state index in [1.54, 1.807) is 0 Å². The summed E-state index contributed by atoms with van der Waals surface area (Å²) >= 11 is -2.27. The summed E-state index contributed by atoms with van der Waals surface area (Å²) in [6.45, 7) is -1.21. The van der Waals surface area contributed by atoms with Crippen LogP contribution in [-0.2, 0) is 24.1 Å². The first-order chi connectivity index (χ1) is 9.89. The minimum atomic E-state index is -4.90. The quantitative estimate of drug-likeness (QED) is 0.244. The summed E-state index contributed by atoms with van der Waals surface area (Å²) in [5.74, 6) is 0. The van der Waals surface area contributed by atoms with Crippen LogP contribution in [0.3, 0.4) is 0 Å². The van der Waals surface area contributed by atoms with Gasteiger partial charge < -0.3 is 0 Å². The fraction of sp³-hybridized carbons (Fsp3) is 1.00. The normalized spacial score (nSPS) is 31.4. The molecule has 0 spiro atoms. The molecule has 5 atom stereocenters. The van der Waals surface area contributed by atoms with Crippen LogP contribution in [-0.4, -0.2) is 84.1 Å². The molecule has 0 saturated carbocycles. The van der Waals surface area contributed by atoms with Crippen molar-refractivity contribution in [1.29, 1.82) is 0 Å². The van der Waals surface area contributed by atoms with Gasteiger partial charge in [0.25, 0.3) is 0 Å². The van der Waals surface area contributed by atoms with E-state index in [1.165, 1.54) is 0 Å². The van der Waals surface area contributed by atoms with Crippen LogP contribution < -0.4 is 0 Å². The molecule has 1 aliphatic rings. The molecule has 0 aromatic heterocycles. The first-order valence-electron chi connectivity index (χ1n) is 6.34. The van der Waals surface area contributed by atoms with Crippen molar-refractivity contribution in [2.75, 3.05) is 13.2 Å². The summed E-state index contributed by atoms with van der Waals surface area (Å²) in [5, 5.41) is 29.6. The Bertz CT molecular complexity index is 505. The third-order valence-corrected chi connectivity index (χ3v) is 6.60. The zero-order valence-corrected chi connectivity index (χ0v) is 15.6. The summed E-state index contributed by atoms with van der Waals surface area (Å²) < 4.78 is 45.0. The van der Waals surface area contributed by atoms with Gasteiger partial charge in [0.05, 0.1) is 0 Å². The van der Waals surface area contributed by atoms with E-state index >= 15 is 0 Å². The van der Waals surface area contributed by atoms with Gasteiger partial charge in [0.1, 0.15) is 0 Å². The van der Waals surface area contributed by atoms with Crippen LogP contribution in [0.15, 0.2) is 0 Å². The molecule has 1 aliphatic heterocycles. The first kappa shape index (κ1) is 20.5. The van der Waals surface area contributed by atoms with Gasteiger partial charge in [-0.05, 0) is 0 Å². The van der Waals surface area contributed by atoms with Crippen LogP contribution in [0.25, 0.3) is 0 Å². The van der Waals surface area contributed by atoms with E-state index in [1.807, 2.05) is 11.4 Å². The average molecular weight is 423 g/mol. The van der Waals surface area contributed by atoms with E-state index in [0.29, 0.717) is 5.21 Å². The van der Waals surface area contributed by atoms with E-state index < -0.39 is 66.2 Å². The van der Waals surface area contributed by atoms with E-state index in [0.717, 1.165) is 0 Å². The molecule has 0 radical (unpaired) electrons. The van der Waals surface area contributed by atoms with Crippen LogP contribution >= 0.6 is 10.4 Å². The van der Waals surface area contributed by atoms with Gasteiger partial charge in [0.15, 0.2) is 0 Å². The Balaban J connectivity index is 2.45. The fourth-order valence-electron chi connectivity index (χ4n) is 1.85. The van der Waals surface area contributed by atoms with E-state index in [4.69, 9.17) is 19.9 Å². The van der Waals surface area contributed by atoms with Crippen LogP contribution in [0, 0.1) is 0 Å². The fourth-order valence-corrected chi connectivity index (χ4v) is 5.39. The van der Waals surface area contributed by atoms with Gasteiger partial charge in [0, 0.05) is 0 Å². The third kappa shape index (κ3) is 7.35. The maximum absolute atomic E-state index is 10.2. The molecule has 0 aromatic carbocycles. The predicted octanol–water partition coefficient (Wildman–Crippen LogP) is -1.31. The van der Waals surface area contributed by atoms with Gasteiger partial charge in [-0.3, -0.25) is 0 Å². The van der Waals surface area contributed by atoms with Crippen molar-refractivity contribution >= 4 is 32.7 Å². The third-order valence-electron chi connectivity index (χ3n) is 2.80. The Hall–Kier alpha value is 0.448. The molecule has 9 nitrogen and oxygen atoms in total. The molecule has 0 aromatic rings. The van der Waals surface area contributed by atoms with Gasteiger partial charge in [0.2, 0.25) is 0 Å². The van der Waals surface area contributed by atoms with Crippen LogP contribution in [0.1, 0.15) is 0 Å². The molecule has 3 N–H and O–H groups in total. The Labute approximate surface area is 135 Å². The Morgan fingerprint density at radius 1 is 1.32 bits per heavy atom. The Morgan fingerprint density at radius 3 is 2.41 bits per heavy atom. The van der Waals surface area contributed by atoms with Crippen LogP contribution in [0.4, 0.5) is 0 Å². The number of hydrogen-bond acceptors (Lipinski definition) is 10.